The van der Waals surface area contributed by atoms with Gasteiger partial charge in [0.05, 0.1) is 16.6 Å². The molecule has 1 fully saturated rings. The Kier molecular flexibility index (Phi) is 2.92. The molecular weight excluding hydrogens is 242 g/mol. The summed E-state index contributed by atoms with van der Waals surface area (Å²) < 4.78 is 2.89. The van der Waals surface area contributed by atoms with Crippen molar-refractivity contribution < 1.29 is 0 Å². The van der Waals surface area contributed by atoms with Gasteiger partial charge in [-0.15, -0.1) is 0 Å². The number of aromatic nitrogens is 2. The minimum absolute atomic E-state index is 0.670. The number of hydrogen-bond donors (Lipinski definition) is 1. The average Bonchev–Trinajstić information content (AvgIpc) is 2.99. The van der Waals surface area contributed by atoms with E-state index in [4.69, 9.17) is 17.5 Å². The summed E-state index contributed by atoms with van der Waals surface area (Å²) in [4.78, 5) is 3.18. The number of fused-ring (bicyclic) bond motifs is 1. The standard InChI is InChI=1S/C14H15N3S/c15-8-11-6-3-7-12-13(11)16-14(18)17(12)9-10-4-1-2-5-10/h3,6-7,10H,1-2,4-5,9H2,(H,16,18). The van der Waals surface area contributed by atoms with E-state index < -0.39 is 0 Å². The fourth-order valence-electron chi connectivity index (χ4n) is 2.91. The number of benzene rings is 1. The first-order valence-electron chi connectivity index (χ1n) is 6.41. The number of H-pyrrole nitrogens is 1. The number of imidazole rings is 1. The molecule has 2 aromatic rings. The summed E-state index contributed by atoms with van der Waals surface area (Å²) in [6.07, 6.45) is 5.27. The molecule has 1 aliphatic carbocycles. The lowest BCUT2D eigenvalue weighted by Crippen LogP contribution is -2.07. The van der Waals surface area contributed by atoms with Crippen LogP contribution in [-0.2, 0) is 6.54 Å². The van der Waals surface area contributed by atoms with Gasteiger partial charge in [-0.25, -0.2) is 0 Å². The molecule has 3 rings (SSSR count). The van der Waals surface area contributed by atoms with Gasteiger partial charge in [0.2, 0.25) is 0 Å². The van der Waals surface area contributed by atoms with E-state index in [9.17, 15) is 0 Å². The molecule has 1 N–H and O–H groups in total. The van der Waals surface area contributed by atoms with Crippen LogP contribution in [0.4, 0.5) is 0 Å². The summed E-state index contributed by atoms with van der Waals surface area (Å²) in [7, 11) is 0. The van der Waals surface area contributed by atoms with Crippen LogP contribution in [0.1, 0.15) is 31.2 Å². The van der Waals surface area contributed by atoms with Crippen LogP contribution in [-0.4, -0.2) is 9.55 Å². The second-order valence-corrected chi connectivity index (χ2v) is 5.39. The fraction of sp³-hybridized carbons (Fsp3) is 0.429. The SMILES string of the molecule is N#Cc1cccc2c1[nH]c(=S)n2CC1CCCC1. The summed E-state index contributed by atoms with van der Waals surface area (Å²) >= 11 is 5.39. The second kappa shape index (κ2) is 4.58. The highest BCUT2D eigenvalue weighted by Gasteiger charge is 2.17. The highest BCUT2D eigenvalue weighted by Crippen LogP contribution is 2.28. The fourth-order valence-corrected chi connectivity index (χ4v) is 3.18. The first-order valence-corrected chi connectivity index (χ1v) is 6.82. The van der Waals surface area contributed by atoms with Gasteiger partial charge in [-0.2, -0.15) is 5.26 Å². The molecule has 0 atom stereocenters. The predicted octanol–water partition coefficient (Wildman–Crippen LogP) is 3.76. The number of rotatable bonds is 2. The van der Waals surface area contributed by atoms with Crippen LogP contribution in [0.15, 0.2) is 18.2 Å². The van der Waals surface area contributed by atoms with Crippen molar-refractivity contribution in [2.75, 3.05) is 0 Å². The van der Waals surface area contributed by atoms with Crippen LogP contribution in [0.2, 0.25) is 0 Å². The number of nitrogens with zero attached hydrogens (tertiary/aromatic N) is 2. The maximum atomic E-state index is 9.11. The quantitative estimate of drug-likeness (QED) is 0.832. The van der Waals surface area contributed by atoms with Crippen molar-refractivity contribution in [1.29, 1.82) is 5.26 Å². The van der Waals surface area contributed by atoms with Gasteiger partial charge in [-0.3, -0.25) is 0 Å². The minimum atomic E-state index is 0.670. The van der Waals surface area contributed by atoms with Crippen molar-refractivity contribution in [3.05, 3.63) is 28.5 Å². The van der Waals surface area contributed by atoms with E-state index in [1.807, 2.05) is 18.2 Å². The maximum absolute atomic E-state index is 9.11. The number of aromatic amines is 1. The Balaban J connectivity index is 2.09. The highest BCUT2D eigenvalue weighted by molar-refractivity contribution is 7.71. The van der Waals surface area contributed by atoms with E-state index in [-0.39, 0.29) is 0 Å². The van der Waals surface area contributed by atoms with Crippen LogP contribution in [0.3, 0.4) is 0 Å². The molecule has 1 aromatic heterocycles. The van der Waals surface area contributed by atoms with E-state index in [1.54, 1.807) is 0 Å². The Morgan fingerprint density at radius 2 is 2.17 bits per heavy atom. The second-order valence-electron chi connectivity index (χ2n) is 5.00. The molecule has 0 spiro atoms. The molecule has 0 amide bonds. The Bertz CT molecular complexity index is 668. The lowest BCUT2D eigenvalue weighted by molar-refractivity contribution is 0.461. The number of hydrogen-bond acceptors (Lipinski definition) is 2. The van der Waals surface area contributed by atoms with Gasteiger partial charge in [-0.1, -0.05) is 18.9 Å². The van der Waals surface area contributed by atoms with Gasteiger partial charge >= 0.3 is 0 Å². The van der Waals surface area contributed by atoms with E-state index in [0.29, 0.717) is 5.56 Å². The first kappa shape index (κ1) is 11.5. The zero-order chi connectivity index (χ0) is 12.5. The molecule has 1 aliphatic rings. The molecule has 0 aliphatic heterocycles. The molecule has 4 heteroatoms. The lowest BCUT2D eigenvalue weighted by atomic mass is 10.1. The van der Waals surface area contributed by atoms with Gasteiger partial charge in [0, 0.05) is 6.54 Å². The Morgan fingerprint density at radius 3 is 2.89 bits per heavy atom. The van der Waals surface area contributed by atoms with E-state index in [0.717, 1.165) is 28.3 Å². The van der Waals surface area contributed by atoms with Crippen LogP contribution < -0.4 is 0 Å². The number of nitriles is 1. The number of para-hydroxylation sites is 1. The third-order valence-electron chi connectivity index (χ3n) is 3.85. The summed E-state index contributed by atoms with van der Waals surface area (Å²) in [5.74, 6) is 0.737. The van der Waals surface area contributed by atoms with Crippen LogP contribution in [0, 0.1) is 22.0 Å². The summed E-state index contributed by atoms with van der Waals surface area (Å²) in [5, 5.41) is 9.11. The van der Waals surface area contributed by atoms with Crippen LogP contribution >= 0.6 is 12.2 Å². The molecule has 1 saturated carbocycles. The Labute approximate surface area is 111 Å². The van der Waals surface area contributed by atoms with E-state index in [1.165, 1.54) is 25.7 Å². The van der Waals surface area contributed by atoms with Gasteiger partial charge in [0.15, 0.2) is 4.77 Å². The van der Waals surface area contributed by atoms with Crippen molar-refractivity contribution in [2.45, 2.75) is 32.2 Å². The first-order chi connectivity index (χ1) is 8.79. The van der Waals surface area contributed by atoms with Crippen molar-refractivity contribution in [2.24, 2.45) is 5.92 Å². The number of nitrogens with one attached hydrogen (secondary N) is 1. The zero-order valence-corrected chi connectivity index (χ0v) is 11.0. The lowest BCUT2D eigenvalue weighted by Gasteiger charge is -2.10. The smallest absolute Gasteiger partial charge is 0.178 e. The molecule has 18 heavy (non-hydrogen) atoms. The van der Waals surface area contributed by atoms with Crippen LogP contribution in [0.25, 0.3) is 11.0 Å². The molecule has 1 aromatic carbocycles. The van der Waals surface area contributed by atoms with E-state index >= 15 is 0 Å². The zero-order valence-electron chi connectivity index (χ0n) is 10.1. The summed E-state index contributed by atoms with van der Waals surface area (Å²) in [6.45, 7) is 0.980. The third kappa shape index (κ3) is 1.85. The van der Waals surface area contributed by atoms with Crippen molar-refractivity contribution in [1.82, 2.24) is 9.55 Å². The minimum Gasteiger partial charge on any atom is -0.329 e. The normalized spacial score (nSPS) is 16.2. The molecule has 92 valence electrons. The Morgan fingerprint density at radius 1 is 1.39 bits per heavy atom. The summed E-state index contributed by atoms with van der Waals surface area (Å²) in [6, 6.07) is 8.00. The molecule has 0 saturated heterocycles. The topological polar surface area (TPSA) is 44.5 Å². The monoisotopic (exact) mass is 257 g/mol. The highest BCUT2D eigenvalue weighted by atomic mass is 32.1. The van der Waals surface area contributed by atoms with Crippen molar-refractivity contribution in [3.8, 4) is 6.07 Å². The predicted molar refractivity (Wildman–Crippen MR) is 73.8 cm³/mol. The largest absolute Gasteiger partial charge is 0.329 e. The van der Waals surface area contributed by atoms with Crippen molar-refractivity contribution in [3.63, 3.8) is 0 Å². The molecule has 0 radical (unpaired) electrons. The molecule has 0 bridgehead atoms. The van der Waals surface area contributed by atoms with Gasteiger partial charge in [-0.05, 0) is 43.1 Å². The average molecular weight is 257 g/mol. The molecule has 1 heterocycles. The van der Waals surface area contributed by atoms with Gasteiger partial charge in [0.25, 0.3) is 0 Å². The summed E-state index contributed by atoms with van der Waals surface area (Å²) in [5.41, 5.74) is 2.61. The molecule has 3 nitrogen and oxygen atoms in total. The molecule has 0 unspecified atom stereocenters. The maximum Gasteiger partial charge on any atom is 0.178 e. The van der Waals surface area contributed by atoms with Crippen molar-refractivity contribution >= 4 is 23.3 Å². The third-order valence-corrected chi connectivity index (χ3v) is 4.17. The Hall–Kier alpha value is -1.60. The van der Waals surface area contributed by atoms with Crippen LogP contribution in [0.5, 0.6) is 0 Å². The van der Waals surface area contributed by atoms with Gasteiger partial charge < -0.3 is 9.55 Å². The van der Waals surface area contributed by atoms with E-state index in [2.05, 4.69) is 15.6 Å². The van der Waals surface area contributed by atoms with Gasteiger partial charge in [0.1, 0.15) is 6.07 Å². The molecular formula is C14H15N3S.